The molecule has 10 nitrogen and oxygen atoms in total. The molecule has 2 aliphatic heterocycles. The molecule has 0 bridgehead atoms. The van der Waals surface area contributed by atoms with Crippen LogP contribution in [-0.2, 0) is 19.1 Å². The van der Waals surface area contributed by atoms with Crippen LogP contribution in [-0.4, -0.2) is 76.0 Å². The van der Waals surface area contributed by atoms with Crippen molar-refractivity contribution < 1.29 is 23.9 Å². The number of fused-ring (bicyclic) bond motifs is 1. The molecular weight excluding hydrogens is 587 g/mol. The number of amides is 2. The zero-order chi connectivity index (χ0) is 30.7. The Bertz CT molecular complexity index is 1510. The molecule has 2 atom stereocenters. The molecule has 1 fully saturated rings. The molecule has 3 heterocycles. The van der Waals surface area contributed by atoms with Crippen LogP contribution in [0.4, 0.5) is 9.93 Å². The number of esters is 1. The monoisotopic (exact) mass is 619 g/mol. The zero-order valence-corrected chi connectivity index (χ0v) is 26.1. The van der Waals surface area contributed by atoms with Crippen molar-refractivity contribution in [3.05, 3.63) is 88.6 Å². The fourth-order valence-electron chi connectivity index (χ4n) is 4.61. The lowest BCUT2D eigenvalue weighted by Crippen LogP contribution is -2.70. The summed E-state index contributed by atoms with van der Waals surface area (Å²) in [6, 6.07) is 18.1. The van der Waals surface area contributed by atoms with E-state index >= 15 is 0 Å². The summed E-state index contributed by atoms with van der Waals surface area (Å²) in [6.45, 7) is 5.26. The Hall–Kier alpha value is -4.16. The van der Waals surface area contributed by atoms with Gasteiger partial charge in [-0.05, 0) is 31.9 Å². The lowest BCUT2D eigenvalue weighted by atomic mass is 10.0. The van der Waals surface area contributed by atoms with E-state index in [4.69, 9.17) is 9.47 Å². The summed E-state index contributed by atoms with van der Waals surface area (Å²) in [4.78, 5) is 52.9. The third-order valence-corrected chi connectivity index (χ3v) is 8.70. The molecule has 0 aliphatic carbocycles. The van der Waals surface area contributed by atoms with Gasteiger partial charge in [0.1, 0.15) is 22.7 Å². The smallest absolute Gasteiger partial charge is 0.408 e. The predicted octanol–water partition coefficient (Wildman–Crippen LogP) is 5.22. The van der Waals surface area contributed by atoms with Gasteiger partial charge < -0.3 is 19.7 Å². The molecule has 0 radical (unpaired) electrons. The van der Waals surface area contributed by atoms with E-state index in [1.165, 1.54) is 28.0 Å². The largest absolute Gasteiger partial charge is 0.448 e. The van der Waals surface area contributed by atoms with Gasteiger partial charge in [0.2, 0.25) is 5.13 Å². The van der Waals surface area contributed by atoms with Crippen LogP contribution in [0.25, 0.3) is 5.57 Å². The first kappa shape index (κ1) is 30.3. The molecular formula is C31H33N5O5S2. The number of hydrogen-bond donors (Lipinski definition) is 1. The van der Waals surface area contributed by atoms with Crippen molar-refractivity contribution in [3.8, 4) is 0 Å². The van der Waals surface area contributed by atoms with Gasteiger partial charge in [-0.2, -0.15) is 0 Å². The Labute approximate surface area is 258 Å². The summed E-state index contributed by atoms with van der Waals surface area (Å²) in [5.74, 6) is -0.668. The highest BCUT2D eigenvalue weighted by Gasteiger charge is 2.55. The zero-order valence-electron chi connectivity index (χ0n) is 24.5. The third kappa shape index (κ3) is 6.91. The average Bonchev–Trinajstić information content (AvgIpc) is 3.45. The second-order valence-corrected chi connectivity index (χ2v) is 13.3. The number of thiazole rings is 1. The Morgan fingerprint density at radius 1 is 1.09 bits per heavy atom. The maximum atomic E-state index is 14.2. The van der Waals surface area contributed by atoms with Crippen molar-refractivity contribution in [1.82, 2.24) is 20.1 Å². The highest BCUT2D eigenvalue weighted by molar-refractivity contribution is 8.00. The number of aromatic nitrogens is 1. The first-order chi connectivity index (χ1) is 20.5. The second kappa shape index (κ2) is 12.6. The van der Waals surface area contributed by atoms with E-state index in [-0.39, 0.29) is 5.70 Å². The van der Waals surface area contributed by atoms with Gasteiger partial charge in [-0.3, -0.25) is 9.69 Å². The number of nitrogens with zero attached hydrogens (tertiary/aromatic N) is 4. The summed E-state index contributed by atoms with van der Waals surface area (Å²) in [7, 11) is 3.72. The number of alkyl carbamates (subject to hydrolysis) is 1. The number of thioether (sulfide) groups is 1. The topological polar surface area (TPSA) is 113 Å². The first-order valence-corrected chi connectivity index (χ1v) is 15.5. The highest BCUT2D eigenvalue weighted by Crippen LogP contribution is 2.46. The summed E-state index contributed by atoms with van der Waals surface area (Å²) < 4.78 is 11.6. The van der Waals surface area contributed by atoms with E-state index in [0.29, 0.717) is 21.3 Å². The van der Waals surface area contributed by atoms with E-state index in [1.807, 2.05) is 74.8 Å². The minimum absolute atomic E-state index is 0.139. The first-order valence-electron chi connectivity index (χ1n) is 13.7. The number of β-lactam (4-membered cyclic amide) rings is 1. The minimum Gasteiger partial charge on any atom is -0.448 e. The van der Waals surface area contributed by atoms with Crippen molar-refractivity contribution in [2.24, 2.45) is 4.99 Å². The number of nitrogens with one attached hydrogen (secondary N) is 1. The molecule has 224 valence electrons. The van der Waals surface area contributed by atoms with Gasteiger partial charge >= 0.3 is 12.1 Å². The number of ether oxygens (including phenoxy) is 2. The third-order valence-electron chi connectivity index (χ3n) is 6.45. The summed E-state index contributed by atoms with van der Waals surface area (Å²) in [5.41, 5.74) is 1.63. The molecule has 12 heteroatoms. The van der Waals surface area contributed by atoms with Gasteiger partial charge in [0.15, 0.2) is 6.10 Å². The Morgan fingerprint density at radius 2 is 1.72 bits per heavy atom. The lowest BCUT2D eigenvalue weighted by Gasteiger charge is -2.49. The molecule has 3 aromatic rings. The predicted molar refractivity (Wildman–Crippen MR) is 168 cm³/mol. The van der Waals surface area contributed by atoms with Gasteiger partial charge in [0, 0.05) is 31.6 Å². The summed E-state index contributed by atoms with van der Waals surface area (Å²) in [5, 5.41) is 2.69. The van der Waals surface area contributed by atoms with Crippen LogP contribution in [0.15, 0.2) is 77.5 Å². The Kier molecular flexibility index (Phi) is 8.88. The van der Waals surface area contributed by atoms with E-state index < -0.39 is 41.1 Å². The molecule has 1 saturated heterocycles. The van der Waals surface area contributed by atoms with E-state index in [9.17, 15) is 14.4 Å². The fraction of sp³-hybridized carbons (Fsp3) is 0.323. The summed E-state index contributed by atoms with van der Waals surface area (Å²) in [6.07, 6.45) is 1.91. The van der Waals surface area contributed by atoms with Crippen LogP contribution in [0.3, 0.4) is 0 Å². The number of benzene rings is 2. The SMILES string of the molecule is CN(C)C=Nc1ncc(C2=C(C(=O)OC(c3ccccc3)c3ccccc3)N3C(=O)C(NC(=O)OC(C)(C)C)C3SC2)s1. The molecule has 0 spiro atoms. The number of carbonyl (C=O) groups is 3. The molecule has 2 amide bonds. The molecule has 2 aromatic carbocycles. The van der Waals surface area contributed by atoms with Crippen LogP contribution in [0, 0.1) is 0 Å². The number of hydrogen-bond acceptors (Lipinski definition) is 9. The molecule has 1 N–H and O–H groups in total. The number of carbonyl (C=O) groups excluding carboxylic acids is 3. The molecule has 0 saturated carbocycles. The standard InChI is InChI=1S/C31H33N5O5S2/c1-31(2,3)41-30(39)34-23-26(37)36-24(21(17-42-27(23)36)22-16-32-29(43-22)33-18-35(4)5)28(38)40-25(19-12-8-6-9-13-19)20-14-10-7-11-15-20/h6-16,18,23,25,27H,17H2,1-5H3,(H,34,39). The Balaban J connectivity index is 1.50. The van der Waals surface area contributed by atoms with Gasteiger partial charge in [0.05, 0.1) is 11.2 Å². The van der Waals surface area contributed by atoms with Gasteiger partial charge in [-0.25, -0.2) is 19.6 Å². The summed E-state index contributed by atoms with van der Waals surface area (Å²) >= 11 is 2.77. The second-order valence-electron chi connectivity index (χ2n) is 11.2. The van der Waals surface area contributed by atoms with Crippen LogP contribution < -0.4 is 5.32 Å². The van der Waals surface area contributed by atoms with Crippen molar-refractivity contribution in [3.63, 3.8) is 0 Å². The number of rotatable bonds is 8. The molecule has 2 unspecified atom stereocenters. The van der Waals surface area contributed by atoms with Crippen LogP contribution in [0.1, 0.15) is 42.9 Å². The normalized spacial score (nSPS) is 18.4. The van der Waals surface area contributed by atoms with E-state index in [0.717, 1.165) is 11.1 Å². The Morgan fingerprint density at radius 3 is 2.30 bits per heavy atom. The molecule has 43 heavy (non-hydrogen) atoms. The number of aliphatic imine (C=N–C) groups is 1. The maximum Gasteiger partial charge on any atom is 0.408 e. The highest BCUT2D eigenvalue weighted by atomic mass is 32.2. The van der Waals surface area contributed by atoms with E-state index in [2.05, 4.69) is 15.3 Å². The average molecular weight is 620 g/mol. The van der Waals surface area contributed by atoms with Crippen LogP contribution >= 0.6 is 23.1 Å². The van der Waals surface area contributed by atoms with Crippen molar-refractivity contribution in [2.45, 2.75) is 43.9 Å². The maximum absolute atomic E-state index is 14.2. The minimum atomic E-state index is -0.843. The van der Waals surface area contributed by atoms with Crippen molar-refractivity contribution in [2.75, 3.05) is 19.8 Å². The van der Waals surface area contributed by atoms with Gasteiger partial charge in [-0.1, -0.05) is 72.0 Å². The molecule has 2 aliphatic rings. The van der Waals surface area contributed by atoms with E-state index in [1.54, 1.807) is 38.2 Å². The van der Waals surface area contributed by atoms with Crippen LogP contribution in [0.5, 0.6) is 0 Å². The van der Waals surface area contributed by atoms with Crippen molar-refractivity contribution >= 4 is 58.1 Å². The lowest BCUT2D eigenvalue weighted by molar-refractivity contribution is -0.153. The molecule has 1 aromatic heterocycles. The van der Waals surface area contributed by atoms with Gasteiger partial charge in [0.25, 0.3) is 5.91 Å². The quantitative estimate of drug-likeness (QED) is 0.158. The van der Waals surface area contributed by atoms with Gasteiger partial charge in [-0.15, -0.1) is 11.8 Å². The van der Waals surface area contributed by atoms with Crippen LogP contribution in [0.2, 0.25) is 0 Å². The van der Waals surface area contributed by atoms with Crippen molar-refractivity contribution in [1.29, 1.82) is 0 Å². The fourth-order valence-corrected chi connectivity index (χ4v) is 6.86. The molecule has 5 rings (SSSR count).